The van der Waals surface area contributed by atoms with Gasteiger partial charge in [0.2, 0.25) is 5.39 Å². The van der Waals surface area contributed by atoms with E-state index in [2.05, 4.69) is 20.9 Å². The maximum absolute atomic E-state index is 8.63. The Labute approximate surface area is 55.8 Å². The van der Waals surface area contributed by atoms with E-state index < -0.39 is 0 Å². The van der Waals surface area contributed by atoms with Crippen molar-refractivity contribution in [2.24, 2.45) is 0 Å². The minimum atomic E-state index is 0.0735. The van der Waals surface area contributed by atoms with Crippen LogP contribution in [0.25, 0.3) is 4.98 Å². The molecule has 0 aromatic rings. The second kappa shape index (κ2) is 4.60. The van der Waals surface area contributed by atoms with Gasteiger partial charge in [-0.3, -0.25) is 0 Å². The minimum Gasteiger partial charge on any atom is -0.505 e. The Bertz CT molecular complexity index is 126. The van der Waals surface area contributed by atoms with Crippen molar-refractivity contribution in [1.29, 1.82) is 5.39 Å². The van der Waals surface area contributed by atoms with E-state index in [0.717, 1.165) is 6.20 Å². The van der Waals surface area contributed by atoms with Crippen molar-refractivity contribution in [2.75, 3.05) is 5.33 Å². The molecule has 0 saturated carbocycles. The van der Waals surface area contributed by atoms with Gasteiger partial charge in [-0.05, 0) is 0 Å². The average Bonchev–Trinajstić information content (AvgIpc) is 1.68. The highest BCUT2D eigenvalue weighted by molar-refractivity contribution is 9.09. The van der Waals surface area contributed by atoms with Gasteiger partial charge in [0.05, 0.1) is 0 Å². The molecule has 0 aromatic carbocycles. The summed E-state index contributed by atoms with van der Waals surface area (Å²) in [5.74, 6) is 0.0735. The molecular formula is C4H6BrN2O+. The number of diazo groups is 1. The molecule has 0 radical (unpaired) electrons. The van der Waals surface area contributed by atoms with Crippen LogP contribution in [0.2, 0.25) is 0 Å². The fourth-order valence-electron chi connectivity index (χ4n) is 0.228. The van der Waals surface area contributed by atoms with Gasteiger partial charge >= 0.3 is 6.20 Å². The number of hydrogen-bond acceptors (Lipinski definition) is 2. The van der Waals surface area contributed by atoms with Crippen LogP contribution in [0.1, 0.15) is 6.42 Å². The summed E-state index contributed by atoms with van der Waals surface area (Å²) in [4.78, 5) is 2.62. The molecule has 0 heterocycles. The first-order chi connectivity index (χ1) is 3.81. The maximum atomic E-state index is 8.63. The smallest absolute Gasteiger partial charge is 0.387 e. The predicted octanol–water partition coefficient (Wildman–Crippen LogP) is 2.02. The van der Waals surface area contributed by atoms with Crippen LogP contribution in [0.3, 0.4) is 0 Å². The van der Waals surface area contributed by atoms with E-state index in [1.807, 2.05) is 0 Å². The molecule has 44 valence electrons. The van der Waals surface area contributed by atoms with Crippen molar-refractivity contribution in [3.63, 3.8) is 0 Å². The summed E-state index contributed by atoms with van der Waals surface area (Å²) in [7, 11) is 0. The van der Waals surface area contributed by atoms with Crippen LogP contribution in [0.15, 0.2) is 12.0 Å². The normalized spacial score (nSPS) is 10.8. The van der Waals surface area contributed by atoms with E-state index in [-0.39, 0.29) is 5.76 Å². The fourth-order valence-corrected chi connectivity index (χ4v) is 0.634. The van der Waals surface area contributed by atoms with Crippen molar-refractivity contribution in [2.45, 2.75) is 6.42 Å². The zero-order valence-electron chi connectivity index (χ0n) is 4.21. The van der Waals surface area contributed by atoms with Crippen LogP contribution < -0.4 is 0 Å². The Hall–Kier alpha value is -0.560. The third-order valence-corrected chi connectivity index (χ3v) is 0.954. The first kappa shape index (κ1) is 7.44. The van der Waals surface area contributed by atoms with Gasteiger partial charge in [-0.15, -0.1) is 0 Å². The molecule has 0 unspecified atom stereocenters. The zero-order chi connectivity index (χ0) is 6.41. The van der Waals surface area contributed by atoms with Crippen molar-refractivity contribution >= 4 is 15.9 Å². The molecule has 1 N–H and O–H groups in total. The summed E-state index contributed by atoms with van der Waals surface area (Å²) in [6.07, 6.45) is 1.49. The van der Waals surface area contributed by atoms with Crippen molar-refractivity contribution in [3.05, 3.63) is 16.9 Å². The molecule has 0 atom stereocenters. The molecule has 0 amide bonds. The average molecular weight is 178 g/mol. The minimum absolute atomic E-state index is 0.0735. The highest BCUT2D eigenvalue weighted by Gasteiger charge is 1.95. The number of aliphatic hydroxyl groups excluding tert-OH is 1. The highest BCUT2D eigenvalue weighted by Crippen LogP contribution is 1.98. The Kier molecular flexibility index (Phi) is 4.27. The number of hydrogen-bond donors (Lipinski definition) is 1. The van der Waals surface area contributed by atoms with Gasteiger partial charge < -0.3 is 5.11 Å². The van der Waals surface area contributed by atoms with Gasteiger partial charge in [0.25, 0.3) is 0 Å². The topological polar surface area (TPSA) is 48.4 Å². The zero-order valence-corrected chi connectivity index (χ0v) is 5.80. The number of rotatable bonds is 2. The number of halogens is 1. The second-order valence-electron chi connectivity index (χ2n) is 1.17. The number of nitrogens with zero attached hydrogens (tertiary/aromatic N) is 2. The summed E-state index contributed by atoms with van der Waals surface area (Å²) in [5, 5.41) is 17.1. The highest BCUT2D eigenvalue weighted by atomic mass is 79.9. The number of alkyl halides is 1. The molecule has 0 aliphatic rings. The van der Waals surface area contributed by atoms with Gasteiger partial charge in [0, 0.05) is 11.8 Å². The third-order valence-electron chi connectivity index (χ3n) is 0.557. The Balaban J connectivity index is 3.49. The van der Waals surface area contributed by atoms with E-state index in [1.54, 1.807) is 0 Å². The molecule has 0 saturated heterocycles. The lowest BCUT2D eigenvalue weighted by atomic mass is 10.4. The van der Waals surface area contributed by atoms with Crippen LogP contribution in [-0.2, 0) is 0 Å². The summed E-state index contributed by atoms with van der Waals surface area (Å²) in [6, 6.07) is 0. The largest absolute Gasteiger partial charge is 0.505 e. The SMILES string of the molecule is N#[N+]/C=C(/O)CCBr. The first-order valence-corrected chi connectivity index (χ1v) is 3.21. The third kappa shape index (κ3) is 3.62. The van der Waals surface area contributed by atoms with Crippen molar-refractivity contribution < 1.29 is 5.11 Å². The molecular weight excluding hydrogens is 172 g/mol. The van der Waals surface area contributed by atoms with E-state index in [9.17, 15) is 0 Å². The lowest BCUT2D eigenvalue weighted by Gasteiger charge is -1.82. The summed E-state index contributed by atoms with van der Waals surface area (Å²) < 4.78 is 0. The molecule has 0 aromatic heterocycles. The molecule has 3 nitrogen and oxygen atoms in total. The van der Waals surface area contributed by atoms with E-state index >= 15 is 0 Å². The lowest BCUT2D eigenvalue weighted by Crippen LogP contribution is -1.78. The Morgan fingerprint density at radius 3 is 2.88 bits per heavy atom. The molecule has 4 heteroatoms. The molecule has 0 rings (SSSR count). The van der Waals surface area contributed by atoms with Gasteiger partial charge in [-0.1, -0.05) is 15.9 Å². The quantitative estimate of drug-likeness (QED) is 0.399. The van der Waals surface area contributed by atoms with Crippen LogP contribution in [-0.4, -0.2) is 10.4 Å². The maximum Gasteiger partial charge on any atom is 0.387 e. The van der Waals surface area contributed by atoms with Crippen LogP contribution in [0.4, 0.5) is 0 Å². The fraction of sp³-hybridized carbons (Fsp3) is 0.500. The summed E-state index contributed by atoms with van der Waals surface area (Å²) >= 11 is 3.10. The molecule has 0 bridgehead atoms. The molecule has 8 heavy (non-hydrogen) atoms. The molecule has 0 fully saturated rings. The monoisotopic (exact) mass is 177 g/mol. The first-order valence-electron chi connectivity index (χ1n) is 2.09. The lowest BCUT2D eigenvalue weighted by molar-refractivity contribution is 0.396. The number of aliphatic hydroxyl groups is 1. The Morgan fingerprint density at radius 1 is 1.88 bits per heavy atom. The van der Waals surface area contributed by atoms with E-state index in [0.29, 0.717) is 11.8 Å². The van der Waals surface area contributed by atoms with Gasteiger partial charge in [0.1, 0.15) is 0 Å². The van der Waals surface area contributed by atoms with E-state index in [4.69, 9.17) is 10.5 Å². The standard InChI is InChI=1S/C4H5BrN2O/c5-2-1-4(8)3-7-6/h3H,1-2H2/p+1/b4-3+. The van der Waals surface area contributed by atoms with E-state index in [1.165, 1.54) is 0 Å². The van der Waals surface area contributed by atoms with Gasteiger partial charge in [-0.25, -0.2) is 0 Å². The van der Waals surface area contributed by atoms with Crippen molar-refractivity contribution in [3.8, 4) is 0 Å². The number of allylic oxidation sites excluding steroid dienone is 1. The van der Waals surface area contributed by atoms with Gasteiger partial charge in [0.15, 0.2) is 10.7 Å². The second-order valence-corrected chi connectivity index (χ2v) is 1.97. The Morgan fingerprint density at radius 2 is 2.50 bits per heavy atom. The summed E-state index contributed by atoms with van der Waals surface area (Å²) in [5.41, 5.74) is 0. The van der Waals surface area contributed by atoms with Gasteiger partial charge in [-0.2, -0.15) is 0 Å². The molecule has 0 aliphatic carbocycles. The van der Waals surface area contributed by atoms with Crippen LogP contribution in [0.5, 0.6) is 0 Å². The van der Waals surface area contributed by atoms with Crippen LogP contribution in [0, 0.1) is 5.39 Å². The van der Waals surface area contributed by atoms with Crippen LogP contribution >= 0.6 is 15.9 Å². The molecule has 0 spiro atoms. The molecule has 0 aliphatic heterocycles. The summed E-state index contributed by atoms with van der Waals surface area (Å²) in [6.45, 7) is 0. The predicted molar refractivity (Wildman–Crippen MR) is 34.2 cm³/mol. The van der Waals surface area contributed by atoms with Crippen molar-refractivity contribution in [1.82, 2.24) is 0 Å².